The number of hydrogen-bond acceptors (Lipinski definition) is 3. The first-order valence-corrected chi connectivity index (χ1v) is 6.02. The minimum absolute atomic E-state index is 0.857. The molecule has 0 spiro atoms. The lowest BCUT2D eigenvalue weighted by atomic mass is 10.3. The molecule has 82 valence electrons. The molecule has 0 aliphatic heterocycles. The Bertz CT molecular complexity index is 468. The van der Waals surface area contributed by atoms with Crippen LogP contribution in [-0.2, 0) is 0 Å². The summed E-state index contributed by atoms with van der Waals surface area (Å²) in [7, 11) is 1.86. The molecule has 0 radical (unpaired) electrons. The molecular formula is C12H12IN3. The highest BCUT2D eigenvalue weighted by molar-refractivity contribution is 14.1. The van der Waals surface area contributed by atoms with Crippen molar-refractivity contribution >= 4 is 39.8 Å². The zero-order valence-electron chi connectivity index (χ0n) is 8.87. The second kappa shape index (κ2) is 5.16. The maximum absolute atomic E-state index is 4.16. The van der Waals surface area contributed by atoms with Crippen LogP contribution in [0, 0.1) is 3.57 Å². The van der Waals surface area contributed by atoms with E-state index < -0.39 is 0 Å². The number of nitrogens with zero attached hydrogens (tertiary/aromatic N) is 1. The number of rotatable bonds is 3. The first kappa shape index (κ1) is 11.2. The summed E-state index contributed by atoms with van der Waals surface area (Å²) in [4.78, 5) is 4.16. The highest BCUT2D eigenvalue weighted by Crippen LogP contribution is 2.19. The predicted molar refractivity (Wildman–Crippen MR) is 76.2 cm³/mol. The third kappa shape index (κ3) is 2.85. The number of halogens is 1. The van der Waals surface area contributed by atoms with Crippen LogP contribution >= 0.6 is 22.6 Å². The number of hydrogen-bond donors (Lipinski definition) is 2. The van der Waals surface area contributed by atoms with Gasteiger partial charge in [-0.2, -0.15) is 0 Å². The van der Waals surface area contributed by atoms with E-state index in [0.29, 0.717) is 0 Å². The van der Waals surface area contributed by atoms with Gasteiger partial charge in [-0.15, -0.1) is 0 Å². The Morgan fingerprint density at radius 3 is 2.50 bits per heavy atom. The highest BCUT2D eigenvalue weighted by Gasteiger charge is 1.96. The normalized spacial score (nSPS) is 9.88. The Hall–Kier alpha value is -1.30. The number of benzene rings is 1. The molecule has 2 N–H and O–H groups in total. The van der Waals surface area contributed by atoms with Gasteiger partial charge >= 0.3 is 0 Å². The van der Waals surface area contributed by atoms with E-state index in [0.717, 1.165) is 17.2 Å². The van der Waals surface area contributed by atoms with Crippen LogP contribution in [-0.4, -0.2) is 12.0 Å². The van der Waals surface area contributed by atoms with Crippen molar-refractivity contribution in [2.75, 3.05) is 17.7 Å². The molecular weight excluding hydrogens is 313 g/mol. The number of pyridine rings is 1. The quantitative estimate of drug-likeness (QED) is 0.849. The van der Waals surface area contributed by atoms with Gasteiger partial charge in [-0.05, 0) is 52.9 Å². The van der Waals surface area contributed by atoms with Gasteiger partial charge in [0, 0.05) is 34.3 Å². The molecule has 2 rings (SSSR count). The first-order valence-electron chi connectivity index (χ1n) is 4.94. The smallest absolute Gasteiger partial charge is 0.127 e. The van der Waals surface area contributed by atoms with Gasteiger partial charge in [0.05, 0.1) is 0 Å². The van der Waals surface area contributed by atoms with Crippen LogP contribution < -0.4 is 10.6 Å². The molecule has 0 amide bonds. The van der Waals surface area contributed by atoms with E-state index in [1.165, 1.54) is 3.57 Å². The molecule has 1 aromatic carbocycles. The van der Waals surface area contributed by atoms with E-state index in [1.54, 1.807) is 6.20 Å². The number of anilines is 3. The summed E-state index contributed by atoms with van der Waals surface area (Å²) in [6, 6.07) is 12.2. The van der Waals surface area contributed by atoms with E-state index in [1.807, 2.05) is 19.2 Å². The third-order valence-electron chi connectivity index (χ3n) is 2.15. The fourth-order valence-corrected chi connectivity index (χ4v) is 1.70. The van der Waals surface area contributed by atoms with Crippen molar-refractivity contribution in [1.82, 2.24) is 4.98 Å². The molecule has 0 bridgehead atoms. The first-order chi connectivity index (χ1) is 7.78. The number of nitrogens with one attached hydrogen (secondary N) is 2. The fraction of sp³-hybridized carbons (Fsp3) is 0.0833. The summed E-state index contributed by atoms with van der Waals surface area (Å²) in [6.45, 7) is 0. The fourth-order valence-electron chi connectivity index (χ4n) is 1.34. The van der Waals surface area contributed by atoms with Crippen molar-refractivity contribution in [3.63, 3.8) is 0 Å². The van der Waals surface area contributed by atoms with Crippen LogP contribution in [0.3, 0.4) is 0 Å². The van der Waals surface area contributed by atoms with Crippen molar-refractivity contribution in [3.8, 4) is 0 Å². The third-order valence-corrected chi connectivity index (χ3v) is 2.87. The minimum Gasteiger partial charge on any atom is -0.373 e. The Morgan fingerprint density at radius 1 is 1.06 bits per heavy atom. The van der Waals surface area contributed by atoms with Crippen molar-refractivity contribution in [2.24, 2.45) is 0 Å². The Kier molecular flexibility index (Phi) is 3.61. The van der Waals surface area contributed by atoms with Crippen LogP contribution in [0.2, 0.25) is 0 Å². The van der Waals surface area contributed by atoms with Crippen molar-refractivity contribution < 1.29 is 0 Å². The summed E-state index contributed by atoms with van der Waals surface area (Å²) < 4.78 is 1.23. The van der Waals surface area contributed by atoms with Crippen LogP contribution in [0.5, 0.6) is 0 Å². The van der Waals surface area contributed by atoms with Gasteiger partial charge in [0.25, 0.3) is 0 Å². The maximum Gasteiger partial charge on any atom is 0.127 e. The van der Waals surface area contributed by atoms with E-state index >= 15 is 0 Å². The Labute approximate surface area is 108 Å². The van der Waals surface area contributed by atoms with Crippen LogP contribution in [0.4, 0.5) is 17.2 Å². The standard InChI is InChI=1S/C12H12IN3/c1-14-12-8-11(6-7-15-12)16-10-4-2-9(13)3-5-10/h2-8H,1H3,(H2,14,15,16). The lowest BCUT2D eigenvalue weighted by molar-refractivity contribution is 1.28. The largest absolute Gasteiger partial charge is 0.373 e. The van der Waals surface area contributed by atoms with Crippen molar-refractivity contribution in [1.29, 1.82) is 0 Å². The lowest BCUT2D eigenvalue weighted by Crippen LogP contribution is -1.95. The van der Waals surface area contributed by atoms with Gasteiger partial charge in [-0.25, -0.2) is 4.98 Å². The van der Waals surface area contributed by atoms with Gasteiger partial charge in [0.2, 0.25) is 0 Å². The zero-order valence-corrected chi connectivity index (χ0v) is 11.0. The van der Waals surface area contributed by atoms with Gasteiger partial charge in [0.15, 0.2) is 0 Å². The van der Waals surface area contributed by atoms with E-state index in [4.69, 9.17) is 0 Å². The van der Waals surface area contributed by atoms with E-state index in [9.17, 15) is 0 Å². The van der Waals surface area contributed by atoms with E-state index in [2.05, 4.69) is 62.5 Å². The average molecular weight is 325 g/mol. The summed E-state index contributed by atoms with van der Waals surface area (Å²) in [5.74, 6) is 0.857. The van der Waals surface area contributed by atoms with Gasteiger partial charge in [0.1, 0.15) is 5.82 Å². The average Bonchev–Trinajstić information content (AvgIpc) is 2.32. The predicted octanol–water partition coefficient (Wildman–Crippen LogP) is 3.47. The summed E-state index contributed by atoms with van der Waals surface area (Å²) in [5.41, 5.74) is 2.11. The molecule has 0 aliphatic rings. The molecule has 16 heavy (non-hydrogen) atoms. The molecule has 4 heteroatoms. The summed E-state index contributed by atoms with van der Waals surface area (Å²) in [6.07, 6.45) is 1.78. The Morgan fingerprint density at radius 2 is 1.81 bits per heavy atom. The molecule has 0 fully saturated rings. The highest BCUT2D eigenvalue weighted by atomic mass is 127. The zero-order chi connectivity index (χ0) is 11.4. The molecule has 1 heterocycles. The van der Waals surface area contributed by atoms with Crippen molar-refractivity contribution in [3.05, 3.63) is 46.2 Å². The second-order valence-electron chi connectivity index (χ2n) is 3.31. The van der Waals surface area contributed by atoms with Crippen LogP contribution in [0.15, 0.2) is 42.6 Å². The summed E-state index contributed by atoms with van der Waals surface area (Å²) >= 11 is 2.29. The Balaban J connectivity index is 2.16. The molecule has 2 aromatic rings. The minimum atomic E-state index is 0.857. The molecule has 0 saturated heterocycles. The number of aromatic nitrogens is 1. The molecule has 0 saturated carbocycles. The van der Waals surface area contributed by atoms with Gasteiger partial charge < -0.3 is 10.6 Å². The second-order valence-corrected chi connectivity index (χ2v) is 4.56. The molecule has 1 aromatic heterocycles. The van der Waals surface area contributed by atoms with Gasteiger partial charge in [-0.1, -0.05) is 0 Å². The molecule has 0 atom stereocenters. The summed E-state index contributed by atoms with van der Waals surface area (Å²) in [5, 5.41) is 6.33. The molecule has 3 nitrogen and oxygen atoms in total. The SMILES string of the molecule is CNc1cc(Nc2ccc(I)cc2)ccn1. The monoisotopic (exact) mass is 325 g/mol. The van der Waals surface area contributed by atoms with Crippen molar-refractivity contribution in [2.45, 2.75) is 0 Å². The topological polar surface area (TPSA) is 37.0 Å². The van der Waals surface area contributed by atoms with Gasteiger partial charge in [-0.3, -0.25) is 0 Å². The van der Waals surface area contributed by atoms with E-state index in [-0.39, 0.29) is 0 Å². The molecule has 0 unspecified atom stereocenters. The van der Waals surface area contributed by atoms with Crippen LogP contribution in [0.1, 0.15) is 0 Å². The maximum atomic E-state index is 4.16. The molecule has 0 aliphatic carbocycles. The van der Waals surface area contributed by atoms with Crippen LogP contribution in [0.25, 0.3) is 0 Å². The lowest BCUT2D eigenvalue weighted by Gasteiger charge is -2.07.